The molecule has 1 heterocycles. The number of ether oxygens (including phenoxy) is 2. The van der Waals surface area contributed by atoms with Crippen LogP contribution >= 0.6 is 15.9 Å². The van der Waals surface area contributed by atoms with Crippen LogP contribution in [-0.4, -0.2) is 24.7 Å². The molecule has 0 radical (unpaired) electrons. The van der Waals surface area contributed by atoms with Gasteiger partial charge in [0.05, 0.1) is 24.9 Å². The third-order valence-corrected chi connectivity index (χ3v) is 4.16. The summed E-state index contributed by atoms with van der Waals surface area (Å²) in [5.74, 6) is 0.310. The standard InChI is InChI=1S/C19H17BrN2O3/c1-3-25-19(23)16-11-21-17-8-7-12(20)9-15(17)18(16)22-13-5-4-6-14(10-13)24-2/h4-11H,3H2,1-2H3,(H,21,22). The van der Waals surface area contributed by atoms with E-state index in [9.17, 15) is 4.79 Å². The lowest BCUT2D eigenvalue weighted by molar-refractivity contribution is 0.0527. The van der Waals surface area contributed by atoms with Crippen molar-refractivity contribution in [3.8, 4) is 5.75 Å². The highest BCUT2D eigenvalue weighted by Gasteiger charge is 2.17. The molecule has 25 heavy (non-hydrogen) atoms. The molecule has 2 aromatic carbocycles. The number of aromatic nitrogens is 1. The lowest BCUT2D eigenvalue weighted by Crippen LogP contribution is -2.09. The van der Waals surface area contributed by atoms with Crippen LogP contribution in [0.2, 0.25) is 0 Å². The number of hydrogen-bond donors (Lipinski definition) is 1. The normalized spacial score (nSPS) is 10.5. The van der Waals surface area contributed by atoms with Crippen LogP contribution in [0.25, 0.3) is 10.9 Å². The lowest BCUT2D eigenvalue weighted by Gasteiger charge is -2.15. The molecule has 0 unspecified atom stereocenters. The lowest BCUT2D eigenvalue weighted by atomic mass is 10.1. The first-order chi connectivity index (χ1) is 12.1. The Bertz CT molecular complexity index is 928. The molecule has 0 atom stereocenters. The predicted molar refractivity (Wildman–Crippen MR) is 102 cm³/mol. The third-order valence-electron chi connectivity index (χ3n) is 3.66. The van der Waals surface area contributed by atoms with Crippen molar-refractivity contribution in [1.82, 2.24) is 4.98 Å². The van der Waals surface area contributed by atoms with Crippen LogP contribution in [0, 0.1) is 0 Å². The Morgan fingerprint density at radius 3 is 2.84 bits per heavy atom. The van der Waals surface area contributed by atoms with Crippen molar-refractivity contribution in [2.24, 2.45) is 0 Å². The number of nitrogens with zero attached hydrogens (tertiary/aromatic N) is 1. The van der Waals surface area contributed by atoms with E-state index >= 15 is 0 Å². The van der Waals surface area contributed by atoms with Crippen LogP contribution in [0.5, 0.6) is 5.75 Å². The fourth-order valence-corrected chi connectivity index (χ4v) is 2.87. The Morgan fingerprint density at radius 2 is 2.08 bits per heavy atom. The zero-order valence-corrected chi connectivity index (χ0v) is 15.5. The van der Waals surface area contributed by atoms with Crippen LogP contribution in [0.4, 0.5) is 11.4 Å². The molecule has 3 aromatic rings. The average Bonchev–Trinajstić information content (AvgIpc) is 2.62. The van der Waals surface area contributed by atoms with Gasteiger partial charge >= 0.3 is 5.97 Å². The predicted octanol–water partition coefficient (Wildman–Crippen LogP) is 4.93. The highest BCUT2D eigenvalue weighted by atomic mass is 79.9. The summed E-state index contributed by atoms with van der Waals surface area (Å²) in [6, 6.07) is 13.2. The van der Waals surface area contributed by atoms with Gasteiger partial charge in [-0.15, -0.1) is 0 Å². The summed E-state index contributed by atoms with van der Waals surface area (Å²) < 4.78 is 11.3. The molecule has 1 N–H and O–H groups in total. The van der Waals surface area contributed by atoms with Crippen molar-refractivity contribution in [1.29, 1.82) is 0 Å². The number of pyridine rings is 1. The summed E-state index contributed by atoms with van der Waals surface area (Å²) in [6.07, 6.45) is 1.54. The van der Waals surface area contributed by atoms with Gasteiger partial charge in [0.15, 0.2) is 0 Å². The quantitative estimate of drug-likeness (QED) is 0.615. The van der Waals surface area contributed by atoms with Gasteiger partial charge in [-0.3, -0.25) is 4.98 Å². The number of benzene rings is 2. The van der Waals surface area contributed by atoms with Gasteiger partial charge in [-0.2, -0.15) is 0 Å². The summed E-state index contributed by atoms with van der Waals surface area (Å²) in [5.41, 5.74) is 2.62. The van der Waals surface area contributed by atoms with Crippen molar-refractivity contribution in [2.75, 3.05) is 19.0 Å². The summed E-state index contributed by atoms with van der Waals surface area (Å²) in [7, 11) is 1.61. The highest BCUT2D eigenvalue weighted by Crippen LogP contribution is 2.32. The number of carbonyl (C=O) groups excluding carboxylic acids is 1. The van der Waals surface area contributed by atoms with Gasteiger partial charge < -0.3 is 14.8 Å². The fraction of sp³-hybridized carbons (Fsp3) is 0.158. The molecule has 0 bridgehead atoms. The molecule has 1 aromatic heterocycles. The number of carbonyl (C=O) groups is 1. The summed E-state index contributed by atoms with van der Waals surface area (Å²) >= 11 is 3.48. The zero-order valence-electron chi connectivity index (χ0n) is 13.9. The van der Waals surface area contributed by atoms with E-state index in [1.54, 1.807) is 14.0 Å². The van der Waals surface area contributed by atoms with Crippen molar-refractivity contribution < 1.29 is 14.3 Å². The van der Waals surface area contributed by atoms with Crippen LogP contribution in [0.1, 0.15) is 17.3 Å². The smallest absolute Gasteiger partial charge is 0.341 e. The Balaban J connectivity index is 2.15. The second-order valence-corrected chi connectivity index (χ2v) is 6.20. The molecule has 0 aliphatic rings. The van der Waals surface area contributed by atoms with Gasteiger partial charge in [0.2, 0.25) is 0 Å². The van der Waals surface area contributed by atoms with E-state index in [4.69, 9.17) is 9.47 Å². The van der Waals surface area contributed by atoms with E-state index in [2.05, 4.69) is 26.2 Å². The summed E-state index contributed by atoms with van der Waals surface area (Å²) in [4.78, 5) is 16.7. The second kappa shape index (κ2) is 7.53. The maximum absolute atomic E-state index is 12.4. The molecule has 0 saturated heterocycles. The summed E-state index contributed by atoms with van der Waals surface area (Å²) in [6.45, 7) is 2.08. The molecule has 0 aliphatic carbocycles. The first-order valence-corrected chi connectivity index (χ1v) is 8.58. The molecule has 5 nitrogen and oxygen atoms in total. The van der Waals surface area contributed by atoms with Gasteiger partial charge in [0.25, 0.3) is 0 Å². The monoisotopic (exact) mass is 400 g/mol. The number of esters is 1. The number of hydrogen-bond acceptors (Lipinski definition) is 5. The van der Waals surface area contributed by atoms with E-state index in [1.807, 2.05) is 42.5 Å². The molecule has 0 aliphatic heterocycles. The third kappa shape index (κ3) is 3.74. The minimum absolute atomic E-state index is 0.300. The van der Waals surface area contributed by atoms with E-state index < -0.39 is 5.97 Å². The molecule has 3 rings (SSSR count). The Hall–Kier alpha value is -2.60. The van der Waals surface area contributed by atoms with E-state index in [1.165, 1.54) is 6.20 Å². The van der Waals surface area contributed by atoms with Crippen molar-refractivity contribution in [3.05, 3.63) is 58.7 Å². The maximum atomic E-state index is 12.4. The molecule has 0 saturated carbocycles. The molecule has 128 valence electrons. The molecular formula is C19H17BrN2O3. The Kier molecular flexibility index (Phi) is 5.19. The van der Waals surface area contributed by atoms with Crippen molar-refractivity contribution in [3.63, 3.8) is 0 Å². The Labute approximate surface area is 154 Å². The maximum Gasteiger partial charge on any atom is 0.341 e. The molecule has 0 amide bonds. The van der Waals surface area contributed by atoms with Gasteiger partial charge in [0, 0.05) is 27.8 Å². The largest absolute Gasteiger partial charge is 0.497 e. The number of halogens is 1. The zero-order chi connectivity index (χ0) is 17.8. The number of anilines is 2. The van der Waals surface area contributed by atoms with Gasteiger partial charge in [-0.25, -0.2) is 4.79 Å². The van der Waals surface area contributed by atoms with Gasteiger partial charge in [-0.05, 0) is 37.3 Å². The second-order valence-electron chi connectivity index (χ2n) is 5.29. The van der Waals surface area contributed by atoms with E-state index in [-0.39, 0.29) is 0 Å². The molecule has 0 fully saturated rings. The van der Waals surface area contributed by atoms with Crippen molar-refractivity contribution >= 4 is 44.2 Å². The molecule has 0 spiro atoms. The van der Waals surface area contributed by atoms with Crippen LogP contribution in [0.15, 0.2) is 53.1 Å². The van der Waals surface area contributed by atoms with Crippen molar-refractivity contribution in [2.45, 2.75) is 6.92 Å². The van der Waals surface area contributed by atoms with Crippen LogP contribution < -0.4 is 10.1 Å². The first-order valence-electron chi connectivity index (χ1n) is 7.79. The number of methoxy groups -OCH3 is 1. The fourth-order valence-electron chi connectivity index (χ4n) is 2.51. The average molecular weight is 401 g/mol. The number of rotatable bonds is 5. The number of nitrogens with one attached hydrogen (secondary N) is 1. The van der Waals surface area contributed by atoms with Crippen LogP contribution in [-0.2, 0) is 4.74 Å². The number of fused-ring (bicyclic) bond motifs is 1. The Morgan fingerprint density at radius 1 is 1.24 bits per heavy atom. The van der Waals surface area contributed by atoms with Gasteiger partial charge in [0.1, 0.15) is 11.3 Å². The topological polar surface area (TPSA) is 60.5 Å². The van der Waals surface area contributed by atoms with E-state index in [0.29, 0.717) is 17.9 Å². The molecule has 6 heteroatoms. The SMILES string of the molecule is CCOC(=O)c1cnc2ccc(Br)cc2c1Nc1cccc(OC)c1. The first kappa shape index (κ1) is 17.2. The minimum atomic E-state index is -0.415. The summed E-state index contributed by atoms with van der Waals surface area (Å²) in [5, 5.41) is 4.14. The minimum Gasteiger partial charge on any atom is -0.497 e. The highest BCUT2D eigenvalue weighted by molar-refractivity contribution is 9.10. The van der Waals surface area contributed by atoms with Crippen LogP contribution in [0.3, 0.4) is 0 Å². The van der Waals surface area contributed by atoms with Gasteiger partial charge in [-0.1, -0.05) is 22.0 Å². The molecular weight excluding hydrogens is 384 g/mol. The van der Waals surface area contributed by atoms with E-state index in [0.717, 1.165) is 26.8 Å².